The molecule has 1 aliphatic carbocycles. The Morgan fingerprint density at radius 1 is 1.26 bits per heavy atom. The number of nitrogen functional groups attached to an aromatic ring is 1. The molecule has 0 unspecified atom stereocenters. The summed E-state index contributed by atoms with van der Waals surface area (Å²) < 4.78 is 0. The Morgan fingerprint density at radius 3 is 2.63 bits per heavy atom. The standard InChI is InChI=1S/C14H21N5/c15-14(16)12-2-1-3-13(17-12)19-8-6-18(7-9-19)10-11-4-5-11/h1-3,11H,4-10H2,(H3,15,16). The molecule has 3 N–H and O–H groups in total. The Kier molecular flexibility index (Phi) is 3.38. The summed E-state index contributed by atoms with van der Waals surface area (Å²) in [5.74, 6) is 1.94. The number of aromatic nitrogens is 1. The van der Waals surface area contributed by atoms with Gasteiger partial charge in [-0.15, -0.1) is 0 Å². The SMILES string of the molecule is N=C(N)c1cccc(N2CCN(CC3CC3)CC2)n1. The second-order valence-electron chi connectivity index (χ2n) is 5.53. The monoisotopic (exact) mass is 259 g/mol. The van der Waals surface area contributed by atoms with E-state index in [-0.39, 0.29) is 5.84 Å². The molecule has 0 radical (unpaired) electrons. The lowest BCUT2D eigenvalue weighted by Gasteiger charge is -2.35. The van der Waals surface area contributed by atoms with Crippen molar-refractivity contribution in [2.24, 2.45) is 11.7 Å². The number of amidine groups is 1. The summed E-state index contributed by atoms with van der Waals surface area (Å²) in [6.45, 7) is 5.53. The lowest BCUT2D eigenvalue weighted by Crippen LogP contribution is -2.47. The van der Waals surface area contributed by atoms with Crippen molar-refractivity contribution in [3.63, 3.8) is 0 Å². The van der Waals surface area contributed by atoms with Gasteiger partial charge >= 0.3 is 0 Å². The van der Waals surface area contributed by atoms with Crippen LogP contribution in [0.4, 0.5) is 5.82 Å². The third-order valence-corrected chi connectivity index (χ3v) is 3.92. The van der Waals surface area contributed by atoms with E-state index in [4.69, 9.17) is 11.1 Å². The van der Waals surface area contributed by atoms with Gasteiger partial charge in [0.15, 0.2) is 0 Å². The van der Waals surface area contributed by atoms with Crippen LogP contribution >= 0.6 is 0 Å². The molecule has 5 heteroatoms. The lowest BCUT2D eigenvalue weighted by molar-refractivity contribution is 0.247. The van der Waals surface area contributed by atoms with Gasteiger partial charge in [0.05, 0.1) is 0 Å². The molecule has 0 atom stereocenters. The molecule has 0 bridgehead atoms. The number of nitrogens with zero attached hydrogens (tertiary/aromatic N) is 3. The number of hydrogen-bond donors (Lipinski definition) is 2. The zero-order valence-corrected chi connectivity index (χ0v) is 11.2. The van der Waals surface area contributed by atoms with Gasteiger partial charge in [0.25, 0.3) is 0 Å². The number of rotatable bonds is 4. The highest BCUT2D eigenvalue weighted by Gasteiger charge is 2.26. The maximum absolute atomic E-state index is 7.45. The van der Waals surface area contributed by atoms with Crippen LogP contribution in [-0.4, -0.2) is 48.4 Å². The molecule has 1 aromatic rings. The Labute approximate surface area is 113 Å². The highest BCUT2D eigenvalue weighted by atomic mass is 15.3. The number of piperazine rings is 1. The maximum Gasteiger partial charge on any atom is 0.141 e. The van der Waals surface area contributed by atoms with E-state index in [0.717, 1.165) is 37.9 Å². The van der Waals surface area contributed by atoms with Crippen LogP contribution in [0.25, 0.3) is 0 Å². The first-order chi connectivity index (χ1) is 9.22. The van der Waals surface area contributed by atoms with Gasteiger partial charge < -0.3 is 10.6 Å². The van der Waals surface area contributed by atoms with Crippen molar-refractivity contribution in [1.82, 2.24) is 9.88 Å². The second kappa shape index (κ2) is 5.17. The molecule has 2 heterocycles. The van der Waals surface area contributed by atoms with Crippen LogP contribution in [0.1, 0.15) is 18.5 Å². The van der Waals surface area contributed by atoms with Gasteiger partial charge in [-0.25, -0.2) is 4.98 Å². The van der Waals surface area contributed by atoms with Crippen LogP contribution in [0.15, 0.2) is 18.2 Å². The molecule has 5 nitrogen and oxygen atoms in total. The number of nitrogens with one attached hydrogen (secondary N) is 1. The summed E-state index contributed by atoms with van der Waals surface area (Å²) in [5.41, 5.74) is 6.06. The van der Waals surface area contributed by atoms with E-state index in [2.05, 4.69) is 14.8 Å². The van der Waals surface area contributed by atoms with E-state index in [1.807, 2.05) is 12.1 Å². The molecule has 1 saturated carbocycles. The van der Waals surface area contributed by atoms with Crippen LogP contribution < -0.4 is 10.6 Å². The van der Waals surface area contributed by atoms with Crippen molar-refractivity contribution >= 4 is 11.7 Å². The average Bonchev–Trinajstić information content (AvgIpc) is 3.24. The first kappa shape index (κ1) is 12.4. The molecule has 1 aliphatic heterocycles. The Morgan fingerprint density at radius 2 is 2.00 bits per heavy atom. The van der Waals surface area contributed by atoms with E-state index < -0.39 is 0 Å². The molecule has 0 spiro atoms. The summed E-state index contributed by atoms with van der Waals surface area (Å²) in [6.07, 6.45) is 2.84. The van der Waals surface area contributed by atoms with Crippen LogP contribution in [-0.2, 0) is 0 Å². The third kappa shape index (κ3) is 3.04. The lowest BCUT2D eigenvalue weighted by atomic mass is 10.2. The predicted molar refractivity (Wildman–Crippen MR) is 76.6 cm³/mol. The van der Waals surface area contributed by atoms with Crippen molar-refractivity contribution in [3.8, 4) is 0 Å². The molecule has 2 aliphatic rings. The first-order valence-electron chi connectivity index (χ1n) is 7.01. The summed E-state index contributed by atoms with van der Waals surface area (Å²) in [7, 11) is 0. The summed E-state index contributed by atoms with van der Waals surface area (Å²) in [5, 5.41) is 7.45. The summed E-state index contributed by atoms with van der Waals surface area (Å²) >= 11 is 0. The van der Waals surface area contributed by atoms with Gasteiger partial charge in [0.2, 0.25) is 0 Å². The molecular formula is C14H21N5. The average molecular weight is 259 g/mol. The van der Waals surface area contributed by atoms with E-state index in [0.29, 0.717) is 5.69 Å². The summed E-state index contributed by atoms with van der Waals surface area (Å²) in [6, 6.07) is 5.72. The van der Waals surface area contributed by atoms with Gasteiger partial charge in [-0.1, -0.05) is 6.07 Å². The molecular weight excluding hydrogens is 238 g/mol. The topological polar surface area (TPSA) is 69.2 Å². The largest absolute Gasteiger partial charge is 0.382 e. The molecule has 0 amide bonds. The molecule has 102 valence electrons. The quantitative estimate of drug-likeness (QED) is 0.622. The Balaban J connectivity index is 1.60. The van der Waals surface area contributed by atoms with Gasteiger partial charge in [-0.05, 0) is 30.9 Å². The van der Waals surface area contributed by atoms with Crippen LogP contribution in [0, 0.1) is 11.3 Å². The van der Waals surface area contributed by atoms with E-state index in [1.165, 1.54) is 19.4 Å². The minimum absolute atomic E-state index is 0.0363. The molecule has 2 fully saturated rings. The molecule has 3 rings (SSSR count). The fraction of sp³-hybridized carbons (Fsp3) is 0.571. The molecule has 1 aromatic heterocycles. The normalized spacial score (nSPS) is 20.5. The van der Waals surface area contributed by atoms with Crippen molar-refractivity contribution in [3.05, 3.63) is 23.9 Å². The van der Waals surface area contributed by atoms with Gasteiger partial charge in [-0.2, -0.15) is 0 Å². The first-order valence-corrected chi connectivity index (χ1v) is 7.01. The molecule has 1 saturated heterocycles. The fourth-order valence-electron chi connectivity index (χ4n) is 2.57. The fourth-order valence-corrected chi connectivity index (χ4v) is 2.57. The van der Waals surface area contributed by atoms with Gasteiger partial charge in [-0.3, -0.25) is 10.3 Å². The highest BCUT2D eigenvalue weighted by Crippen LogP contribution is 2.30. The smallest absolute Gasteiger partial charge is 0.141 e. The van der Waals surface area contributed by atoms with Crippen LogP contribution in [0.5, 0.6) is 0 Å². The number of pyridine rings is 1. The minimum atomic E-state index is 0.0363. The van der Waals surface area contributed by atoms with E-state index in [9.17, 15) is 0 Å². The second-order valence-corrected chi connectivity index (χ2v) is 5.53. The van der Waals surface area contributed by atoms with Crippen LogP contribution in [0.2, 0.25) is 0 Å². The zero-order chi connectivity index (χ0) is 13.2. The van der Waals surface area contributed by atoms with Crippen LogP contribution in [0.3, 0.4) is 0 Å². The highest BCUT2D eigenvalue weighted by molar-refractivity contribution is 5.93. The third-order valence-electron chi connectivity index (χ3n) is 3.92. The number of anilines is 1. The Hall–Kier alpha value is -1.62. The van der Waals surface area contributed by atoms with Gasteiger partial charge in [0, 0.05) is 32.7 Å². The van der Waals surface area contributed by atoms with E-state index in [1.54, 1.807) is 6.07 Å². The summed E-state index contributed by atoms with van der Waals surface area (Å²) in [4.78, 5) is 9.30. The molecule has 0 aromatic carbocycles. The van der Waals surface area contributed by atoms with Crippen molar-refractivity contribution < 1.29 is 0 Å². The molecule has 19 heavy (non-hydrogen) atoms. The van der Waals surface area contributed by atoms with Crippen molar-refractivity contribution in [2.45, 2.75) is 12.8 Å². The predicted octanol–water partition coefficient (Wildman–Crippen LogP) is 0.898. The number of nitrogens with two attached hydrogens (primary N) is 1. The van der Waals surface area contributed by atoms with Gasteiger partial charge in [0.1, 0.15) is 17.3 Å². The van der Waals surface area contributed by atoms with Crippen molar-refractivity contribution in [2.75, 3.05) is 37.6 Å². The van der Waals surface area contributed by atoms with E-state index >= 15 is 0 Å². The van der Waals surface area contributed by atoms with Crippen molar-refractivity contribution in [1.29, 1.82) is 5.41 Å². The minimum Gasteiger partial charge on any atom is -0.382 e. The maximum atomic E-state index is 7.45. The number of hydrogen-bond acceptors (Lipinski definition) is 4. The zero-order valence-electron chi connectivity index (χ0n) is 11.2. The Bertz CT molecular complexity index is 461.